The highest BCUT2D eigenvalue weighted by atomic mass is 35.5. The molecule has 2 saturated heterocycles. The van der Waals surface area contributed by atoms with Crippen LogP contribution in [0.5, 0.6) is 0 Å². The van der Waals surface area contributed by atoms with E-state index in [4.69, 9.17) is 61.0 Å². The Labute approximate surface area is 313 Å². The number of piperazine rings is 2. The standard InChI is InChI=1S/C16H20Cl4N4O3.C12H18N4O.C2HF3O2/c1-16(2,3)27-15(26)24-7-6-23(9(25)8-24)5-4-21-12-10(17)13(19)22-14(20)11(12)18;1-15(11-2-4-13-5-3-11)8-9-16-7-6-14-10-12(16)17;3-2(4,5)1(6)7/h4-8H2,1-3H3,(H,21,22);2-5,14H,6-10H2,1H3;(H,6,7). The average molecular weight is 806 g/mol. The van der Waals surface area contributed by atoms with Gasteiger partial charge in [-0.2, -0.15) is 13.2 Å². The molecular formula is C30H39Cl4F3N8O6. The molecule has 0 radical (unpaired) electrons. The number of alkyl halides is 3. The number of carbonyl (C=O) groups excluding carboxylic acids is 3. The Bertz CT molecular complexity index is 1480. The zero-order valence-corrected chi connectivity index (χ0v) is 31.2. The molecule has 2 aromatic heterocycles. The van der Waals surface area contributed by atoms with Crippen LogP contribution >= 0.6 is 46.4 Å². The second kappa shape index (κ2) is 19.9. The molecule has 51 heavy (non-hydrogen) atoms. The lowest BCUT2D eigenvalue weighted by Gasteiger charge is -2.35. The summed E-state index contributed by atoms with van der Waals surface area (Å²) >= 11 is 24.0. The third-order valence-corrected chi connectivity index (χ3v) is 8.37. The van der Waals surface area contributed by atoms with E-state index in [1.807, 2.05) is 24.1 Å². The smallest absolute Gasteiger partial charge is 0.475 e. The van der Waals surface area contributed by atoms with Gasteiger partial charge >= 0.3 is 18.2 Å². The number of pyridine rings is 2. The van der Waals surface area contributed by atoms with E-state index in [9.17, 15) is 27.6 Å². The SMILES string of the molecule is CC(C)(C)OC(=O)N1CCN(CCNc2c(Cl)c(Cl)nc(Cl)c2Cl)C(=O)C1.CN(CCN1CCNCC1=O)c1ccncc1.O=C(O)C(F)(F)F. The molecule has 2 aliphatic rings. The molecule has 284 valence electrons. The maximum atomic E-state index is 12.3. The van der Waals surface area contributed by atoms with Crippen molar-refractivity contribution in [1.82, 2.24) is 30.0 Å². The summed E-state index contributed by atoms with van der Waals surface area (Å²) in [5.74, 6) is -2.73. The van der Waals surface area contributed by atoms with Gasteiger partial charge in [-0.3, -0.25) is 19.5 Å². The third-order valence-electron chi connectivity index (χ3n) is 6.89. The van der Waals surface area contributed by atoms with Crippen molar-refractivity contribution in [3.05, 3.63) is 44.9 Å². The van der Waals surface area contributed by atoms with Crippen LogP contribution in [0.3, 0.4) is 0 Å². The highest BCUT2D eigenvalue weighted by Crippen LogP contribution is 2.38. The van der Waals surface area contributed by atoms with Gasteiger partial charge in [-0.05, 0) is 32.9 Å². The third kappa shape index (κ3) is 14.9. The van der Waals surface area contributed by atoms with Gasteiger partial charge in [0.25, 0.3) is 0 Å². The number of halogens is 7. The highest BCUT2D eigenvalue weighted by molar-refractivity contribution is 6.48. The monoisotopic (exact) mass is 804 g/mol. The molecule has 21 heteroatoms. The van der Waals surface area contributed by atoms with Crippen molar-refractivity contribution >= 4 is 81.7 Å². The topological polar surface area (TPSA) is 161 Å². The number of nitrogens with zero attached hydrogens (tertiary/aromatic N) is 6. The summed E-state index contributed by atoms with van der Waals surface area (Å²) in [6.07, 6.45) is -2.02. The summed E-state index contributed by atoms with van der Waals surface area (Å²) in [7, 11) is 2.03. The van der Waals surface area contributed by atoms with Crippen LogP contribution in [-0.4, -0.2) is 138 Å². The number of aliphatic carboxylic acids is 1. The molecule has 3 amide bonds. The molecule has 2 fully saturated rings. The lowest BCUT2D eigenvalue weighted by Crippen LogP contribution is -2.54. The number of likely N-dealkylation sites (N-methyl/N-ethyl adjacent to an activating group) is 1. The Balaban J connectivity index is 0.000000318. The molecule has 4 rings (SSSR count). The number of anilines is 2. The zero-order valence-electron chi connectivity index (χ0n) is 28.2. The Morgan fingerprint density at radius 2 is 1.55 bits per heavy atom. The first-order chi connectivity index (χ1) is 23.7. The summed E-state index contributed by atoms with van der Waals surface area (Å²) < 4.78 is 37.0. The van der Waals surface area contributed by atoms with E-state index >= 15 is 0 Å². The molecule has 3 N–H and O–H groups in total. The minimum absolute atomic E-state index is 0.0245. The van der Waals surface area contributed by atoms with E-state index in [1.165, 1.54) is 4.90 Å². The van der Waals surface area contributed by atoms with Crippen LogP contribution < -0.4 is 15.5 Å². The van der Waals surface area contributed by atoms with Crippen LogP contribution in [0, 0.1) is 0 Å². The summed E-state index contributed by atoms with van der Waals surface area (Å²) in [5.41, 5.74) is 0.887. The number of amides is 3. The summed E-state index contributed by atoms with van der Waals surface area (Å²) in [6, 6.07) is 3.94. The number of rotatable bonds is 8. The van der Waals surface area contributed by atoms with Crippen LogP contribution in [-0.2, 0) is 19.1 Å². The number of carboxylic acid groups (broad SMARTS) is 1. The van der Waals surface area contributed by atoms with Crippen molar-refractivity contribution in [2.45, 2.75) is 32.5 Å². The molecule has 0 saturated carbocycles. The van der Waals surface area contributed by atoms with Crippen molar-refractivity contribution in [2.24, 2.45) is 0 Å². The normalized spacial score (nSPS) is 14.9. The number of ether oxygens (including phenoxy) is 1. The van der Waals surface area contributed by atoms with Crippen molar-refractivity contribution in [3.8, 4) is 0 Å². The fourth-order valence-electron chi connectivity index (χ4n) is 4.27. The van der Waals surface area contributed by atoms with E-state index < -0.39 is 23.8 Å². The van der Waals surface area contributed by atoms with Gasteiger partial charge < -0.3 is 35.2 Å². The van der Waals surface area contributed by atoms with E-state index in [0.717, 1.165) is 31.9 Å². The highest BCUT2D eigenvalue weighted by Gasteiger charge is 2.38. The minimum Gasteiger partial charge on any atom is -0.475 e. The van der Waals surface area contributed by atoms with Crippen molar-refractivity contribution < 1.29 is 42.2 Å². The quantitative estimate of drug-likeness (QED) is 0.316. The van der Waals surface area contributed by atoms with Gasteiger partial charge in [0.05, 0.1) is 12.2 Å². The predicted octanol–water partition coefficient (Wildman–Crippen LogP) is 4.77. The van der Waals surface area contributed by atoms with Gasteiger partial charge in [0.15, 0.2) is 10.3 Å². The van der Waals surface area contributed by atoms with Gasteiger partial charge in [-0.15, -0.1) is 0 Å². The predicted molar refractivity (Wildman–Crippen MR) is 188 cm³/mol. The summed E-state index contributed by atoms with van der Waals surface area (Å²) in [5, 5.41) is 13.6. The molecule has 2 aromatic rings. The molecule has 4 heterocycles. The van der Waals surface area contributed by atoms with E-state index in [-0.39, 0.29) is 38.7 Å². The molecule has 0 aromatic carbocycles. The van der Waals surface area contributed by atoms with E-state index in [2.05, 4.69) is 25.5 Å². The summed E-state index contributed by atoms with van der Waals surface area (Å²) in [6.45, 7) is 10.7. The first kappa shape index (κ1) is 43.7. The van der Waals surface area contributed by atoms with Crippen LogP contribution in [0.15, 0.2) is 24.5 Å². The Hall–Kier alpha value is -3.51. The Kier molecular flexibility index (Phi) is 17.1. The van der Waals surface area contributed by atoms with Crippen LogP contribution in [0.2, 0.25) is 20.4 Å². The number of nitrogens with one attached hydrogen (secondary N) is 2. The number of carbonyl (C=O) groups is 4. The van der Waals surface area contributed by atoms with Crippen LogP contribution in [0.1, 0.15) is 20.8 Å². The van der Waals surface area contributed by atoms with Gasteiger partial charge in [0.2, 0.25) is 11.8 Å². The second-order valence-electron chi connectivity index (χ2n) is 11.9. The molecule has 0 atom stereocenters. The molecule has 0 unspecified atom stereocenters. The van der Waals surface area contributed by atoms with E-state index in [1.54, 1.807) is 38.1 Å². The molecule has 0 spiro atoms. The first-order valence-electron chi connectivity index (χ1n) is 15.3. The zero-order chi connectivity index (χ0) is 38.5. The van der Waals surface area contributed by atoms with Gasteiger partial charge in [-0.1, -0.05) is 46.4 Å². The number of hydrogen-bond donors (Lipinski definition) is 3. The lowest BCUT2D eigenvalue weighted by molar-refractivity contribution is -0.192. The molecule has 0 aliphatic carbocycles. The van der Waals surface area contributed by atoms with Gasteiger partial charge in [0, 0.05) is 77.5 Å². The van der Waals surface area contributed by atoms with Crippen molar-refractivity contribution in [1.29, 1.82) is 0 Å². The fourth-order valence-corrected chi connectivity index (χ4v) is 5.12. The van der Waals surface area contributed by atoms with Crippen molar-refractivity contribution in [3.63, 3.8) is 0 Å². The lowest BCUT2D eigenvalue weighted by atomic mass is 10.2. The van der Waals surface area contributed by atoms with Gasteiger partial charge in [-0.25, -0.2) is 14.6 Å². The largest absolute Gasteiger partial charge is 0.490 e. The molecule has 2 aliphatic heterocycles. The first-order valence-corrected chi connectivity index (χ1v) is 16.8. The Morgan fingerprint density at radius 1 is 0.980 bits per heavy atom. The number of aromatic nitrogens is 2. The van der Waals surface area contributed by atoms with Crippen LogP contribution in [0.25, 0.3) is 0 Å². The second-order valence-corrected chi connectivity index (χ2v) is 13.4. The van der Waals surface area contributed by atoms with E-state index in [0.29, 0.717) is 38.4 Å². The minimum atomic E-state index is -5.08. The van der Waals surface area contributed by atoms with Crippen LogP contribution in [0.4, 0.5) is 29.3 Å². The number of hydrogen-bond acceptors (Lipinski definition) is 10. The maximum Gasteiger partial charge on any atom is 0.490 e. The fraction of sp³-hybridized carbons (Fsp3) is 0.533. The number of carboxylic acids is 1. The molecular weight excluding hydrogens is 767 g/mol. The van der Waals surface area contributed by atoms with Gasteiger partial charge in [0.1, 0.15) is 22.2 Å². The molecule has 0 bridgehead atoms. The average Bonchev–Trinajstić information content (AvgIpc) is 3.05. The maximum absolute atomic E-state index is 12.3. The Morgan fingerprint density at radius 3 is 2.06 bits per heavy atom. The molecule has 14 nitrogen and oxygen atoms in total. The van der Waals surface area contributed by atoms with Crippen molar-refractivity contribution in [2.75, 3.05) is 82.7 Å². The summed E-state index contributed by atoms with van der Waals surface area (Å²) in [4.78, 5) is 59.7.